The van der Waals surface area contributed by atoms with Gasteiger partial charge in [0.15, 0.2) is 11.6 Å². The van der Waals surface area contributed by atoms with Gasteiger partial charge in [0.1, 0.15) is 11.6 Å². The minimum absolute atomic E-state index is 0.0231. The predicted molar refractivity (Wildman–Crippen MR) is 73.2 cm³/mol. The summed E-state index contributed by atoms with van der Waals surface area (Å²) in [7, 11) is 0. The smallest absolute Gasteiger partial charge is 0.167 e. The van der Waals surface area contributed by atoms with Crippen LogP contribution in [0, 0.1) is 11.6 Å². The normalized spacial score (nSPS) is 12.3. The molecule has 0 aliphatic carbocycles. The second kappa shape index (κ2) is 5.67. The van der Waals surface area contributed by atoms with E-state index in [1.807, 2.05) is 0 Å². The van der Waals surface area contributed by atoms with Crippen LogP contribution >= 0.6 is 15.9 Å². The van der Waals surface area contributed by atoms with E-state index in [4.69, 9.17) is 10.5 Å². The second-order valence-electron chi connectivity index (χ2n) is 4.15. The molecule has 0 amide bonds. The zero-order chi connectivity index (χ0) is 14.0. The Hall–Kier alpha value is -1.46. The first kappa shape index (κ1) is 14.0. The first-order valence-electron chi connectivity index (χ1n) is 5.65. The van der Waals surface area contributed by atoms with Crippen molar-refractivity contribution in [1.82, 2.24) is 0 Å². The molecule has 0 aliphatic heterocycles. The predicted octanol–water partition coefficient (Wildman–Crippen LogP) is 4.54. The van der Waals surface area contributed by atoms with Gasteiger partial charge in [-0.05, 0) is 25.1 Å². The number of hydrogen-bond donors (Lipinski definition) is 1. The Morgan fingerprint density at radius 1 is 1.21 bits per heavy atom. The average molecular weight is 328 g/mol. The minimum Gasteiger partial charge on any atom is -0.454 e. The molecule has 19 heavy (non-hydrogen) atoms. The first-order valence-corrected chi connectivity index (χ1v) is 6.44. The number of hydrogen-bond acceptors (Lipinski definition) is 2. The van der Waals surface area contributed by atoms with Crippen molar-refractivity contribution in [3.63, 3.8) is 0 Å². The van der Waals surface area contributed by atoms with Gasteiger partial charge < -0.3 is 10.5 Å². The van der Waals surface area contributed by atoms with Crippen LogP contribution in [0.25, 0.3) is 0 Å². The van der Waals surface area contributed by atoms with Gasteiger partial charge in [0, 0.05) is 22.1 Å². The molecule has 1 atom stereocenters. The van der Waals surface area contributed by atoms with E-state index in [1.54, 1.807) is 25.1 Å². The first-order chi connectivity index (χ1) is 8.97. The van der Waals surface area contributed by atoms with Crippen molar-refractivity contribution in [2.75, 3.05) is 0 Å². The quantitative estimate of drug-likeness (QED) is 0.898. The highest BCUT2D eigenvalue weighted by atomic mass is 79.9. The number of rotatable bonds is 3. The molecular formula is C14H12BrF2NO. The molecule has 0 radical (unpaired) electrons. The van der Waals surface area contributed by atoms with Crippen molar-refractivity contribution in [3.05, 3.63) is 58.1 Å². The lowest BCUT2D eigenvalue weighted by Crippen LogP contribution is -2.07. The van der Waals surface area contributed by atoms with Gasteiger partial charge in [0.2, 0.25) is 0 Å². The summed E-state index contributed by atoms with van der Waals surface area (Å²) in [6, 6.07) is 8.15. The number of halogens is 3. The minimum atomic E-state index is -0.532. The highest BCUT2D eigenvalue weighted by Gasteiger charge is 2.14. The highest BCUT2D eigenvalue weighted by Crippen LogP contribution is 2.32. The third kappa shape index (κ3) is 3.30. The number of nitrogens with two attached hydrogens (primary N) is 1. The molecule has 100 valence electrons. The molecule has 0 bridgehead atoms. The summed E-state index contributed by atoms with van der Waals surface area (Å²) < 4.78 is 33.0. The molecule has 5 heteroatoms. The molecule has 2 aromatic rings. The molecule has 0 spiro atoms. The summed E-state index contributed by atoms with van der Waals surface area (Å²) in [4.78, 5) is 0. The van der Waals surface area contributed by atoms with Gasteiger partial charge in [-0.3, -0.25) is 0 Å². The van der Waals surface area contributed by atoms with Crippen LogP contribution in [0.4, 0.5) is 8.78 Å². The Morgan fingerprint density at radius 2 is 1.95 bits per heavy atom. The number of para-hydroxylation sites is 1. The van der Waals surface area contributed by atoms with Crippen LogP contribution in [-0.2, 0) is 0 Å². The lowest BCUT2D eigenvalue weighted by Gasteiger charge is -2.14. The van der Waals surface area contributed by atoms with E-state index in [9.17, 15) is 8.78 Å². The monoisotopic (exact) mass is 327 g/mol. The molecule has 0 aliphatic rings. The van der Waals surface area contributed by atoms with Crippen LogP contribution in [0.5, 0.6) is 11.5 Å². The Labute approximate surface area is 118 Å². The fourth-order valence-electron chi connectivity index (χ4n) is 1.70. The van der Waals surface area contributed by atoms with E-state index in [1.165, 1.54) is 18.2 Å². The maximum absolute atomic E-state index is 13.8. The molecule has 0 heterocycles. The molecule has 2 aromatic carbocycles. The standard InChI is InChI=1S/C14H12BrF2NO/c1-8(18)12-3-2-4-13(17)14(12)19-11-6-9(15)5-10(16)7-11/h2-8H,18H2,1H3. The lowest BCUT2D eigenvalue weighted by molar-refractivity contribution is 0.429. The highest BCUT2D eigenvalue weighted by molar-refractivity contribution is 9.10. The van der Waals surface area contributed by atoms with E-state index < -0.39 is 11.6 Å². The topological polar surface area (TPSA) is 35.2 Å². The number of benzene rings is 2. The third-order valence-electron chi connectivity index (χ3n) is 2.54. The molecule has 2 rings (SSSR count). The Bertz CT molecular complexity index is 582. The average Bonchev–Trinajstić information content (AvgIpc) is 2.30. The lowest BCUT2D eigenvalue weighted by atomic mass is 10.1. The van der Waals surface area contributed by atoms with Gasteiger partial charge >= 0.3 is 0 Å². The van der Waals surface area contributed by atoms with Crippen molar-refractivity contribution < 1.29 is 13.5 Å². The third-order valence-corrected chi connectivity index (χ3v) is 3.00. The summed E-state index contributed by atoms with van der Waals surface area (Å²) in [5.74, 6) is -0.771. The molecule has 2 N–H and O–H groups in total. The summed E-state index contributed by atoms with van der Waals surface area (Å²) in [6.45, 7) is 1.73. The summed E-state index contributed by atoms with van der Waals surface area (Å²) in [5.41, 5.74) is 6.29. The van der Waals surface area contributed by atoms with Crippen LogP contribution in [-0.4, -0.2) is 0 Å². The van der Waals surface area contributed by atoms with Crippen molar-refractivity contribution in [3.8, 4) is 11.5 Å². The largest absolute Gasteiger partial charge is 0.454 e. The SMILES string of the molecule is CC(N)c1cccc(F)c1Oc1cc(F)cc(Br)c1. The summed E-state index contributed by atoms with van der Waals surface area (Å²) in [6.07, 6.45) is 0. The van der Waals surface area contributed by atoms with E-state index in [0.717, 1.165) is 0 Å². The van der Waals surface area contributed by atoms with Crippen LogP contribution < -0.4 is 10.5 Å². The molecule has 2 nitrogen and oxygen atoms in total. The van der Waals surface area contributed by atoms with E-state index in [-0.39, 0.29) is 17.5 Å². The molecule has 0 fully saturated rings. The van der Waals surface area contributed by atoms with E-state index >= 15 is 0 Å². The van der Waals surface area contributed by atoms with Crippen LogP contribution in [0.15, 0.2) is 40.9 Å². The van der Waals surface area contributed by atoms with Crippen molar-refractivity contribution >= 4 is 15.9 Å². The van der Waals surface area contributed by atoms with Crippen molar-refractivity contribution in [2.45, 2.75) is 13.0 Å². The zero-order valence-corrected chi connectivity index (χ0v) is 11.7. The van der Waals surface area contributed by atoms with Crippen LogP contribution in [0.3, 0.4) is 0 Å². The van der Waals surface area contributed by atoms with E-state index in [2.05, 4.69) is 15.9 Å². The molecule has 0 saturated carbocycles. The maximum atomic E-state index is 13.8. The van der Waals surface area contributed by atoms with Gasteiger partial charge in [0.05, 0.1) is 0 Å². The zero-order valence-electron chi connectivity index (χ0n) is 10.2. The van der Waals surface area contributed by atoms with Crippen molar-refractivity contribution in [1.29, 1.82) is 0 Å². The number of ether oxygens (including phenoxy) is 1. The van der Waals surface area contributed by atoms with E-state index in [0.29, 0.717) is 10.0 Å². The van der Waals surface area contributed by atoms with Crippen molar-refractivity contribution in [2.24, 2.45) is 5.73 Å². The fraction of sp³-hybridized carbons (Fsp3) is 0.143. The van der Waals surface area contributed by atoms with Gasteiger partial charge in [-0.1, -0.05) is 28.1 Å². The van der Waals surface area contributed by atoms with Crippen LogP contribution in [0.2, 0.25) is 0 Å². The molecule has 0 saturated heterocycles. The van der Waals surface area contributed by atoms with Gasteiger partial charge in [-0.25, -0.2) is 8.78 Å². The van der Waals surface area contributed by atoms with Gasteiger partial charge in [0.25, 0.3) is 0 Å². The van der Waals surface area contributed by atoms with Gasteiger partial charge in [-0.15, -0.1) is 0 Å². The second-order valence-corrected chi connectivity index (χ2v) is 5.07. The van der Waals surface area contributed by atoms with Gasteiger partial charge in [-0.2, -0.15) is 0 Å². The summed E-state index contributed by atoms with van der Waals surface area (Å²) in [5, 5.41) is 0. The summed E-state index contributed by atoms with van der Waals surface area (Å²) >= 11 is 3.15. The molecule has 0 aromatic heterocycles. The Morgan fingerprint density at radius 3 is 2.58 bits per heavy atom. The molecular weight excluding hydrogens is 316 g/mol. The van der Waals surface area contributed by atoms with Crippen LogP contribution in [0.1, 0.15) is 18.5 Å². The molecule has 1 unspecified atom stereocenters. The fourth-order valence-corrected chi connectivity index (χ4v) is 2.14. The maximum Gasteiger partial charge on any atom is 0.167 e. The Kier molecular flexibility index (Phi) is 4.17. The Balaban J connectivity index is 2.42.